The van der Waals surface area contributed by atoms with Crippen molar-refractivity contribution < 1.29 is 14.3 Å². The van der Waals surface area contributed by atoms with E-state index >= 15 is 0 Å². The summed E-state index contributed by atoms with van der Waals surface area (Å²) in [5.74, 6) is -1.63. The van der Waals surface area contributed by atoms with Gasteiger partial charge in [0.2, 0.25) is 5.91 Å². The zero-order chi connectivity index (χ0) is 16.1. The molecule has 2 rings (SSSR count). The quantitative estimate of drug-likeness (QED) is 0.529. The molecule has 1 N–H and O–H groups in total. The number of esters is 1. The van der Waals surface area contributed by atoms with E-state index in [1.54, 1.807) is 36.4 Å². The number of aryl methyl sites for hydroxylation is 1. The van der Waals surface area contributed by atoms with Gasteiger partial charge in [0.25, 0.3) is 0 Å². The Morgan fingerprint density at radius 1 is 1.14 bits per heavy atom. The van der Waals surface area contributed by atoms with Gasteiger partial charge in [-0.3, -0.25) is 9.59 Å². The van der Waals surface area contributed by atoms with E-state index < -0.39 is 17.8 Å². The van der Waals surface area contributed by atoms with Crippen molar-refractivity contribution in [2.75, 3.05) is 5.32 Å². The van der Waals surface area contributed by atoms with E-state index in [2.05, 4.69) is 5.32 Å². The zero-order valence-electron chi connectivity index (χ0n) is 12.3. The monoisotopic (exact) mass is 317 g/mol. The fraction of sp³-hybridized carbons (Fsp3) is 0.176. The lowest BCUT2D eigenvalue weighted by atomic mass is 10.1. The third-order valence-electron chi connectivity index (χ3n) is 3.09. The van der Waals surface area contributed by atoms with Crippen molar-refractivity contribution in [2.24, 2.45) is 5.92 Å². The molecule has 0 aromatic heterocycles. The van der Waals surface area contributed by atoms with Crippen LogP contribution in [0.3, 0.4) is 0 Å². The van der Waals surface area contributed by atoms with E-state index in [4.69, 9.17) is 16.3 Å². The van der Waals surface area contributed by atoms with Gasteiger partial charge in [0.05, 0.1) is 10.7 Å². The van der Waals surface area contributed by atoms with Crippen LogP contribution in [-0.4, -0.2) is 11.9 Å². The second-order valence-corrected chi connectivity index (χ2v) is 5.34. The third-order valence-corrected chi connectivity index (χ3v) is 3.42. The molecule has 0 saturated carbocycles. The van der Waals surface area contributed by atoms with Crippen molar-refractivity contribution in [1.29, 1.82) is 0 Å². The van der Waals surface area contributed by atoms with Gasteiger partial charge in [-0.25, -0.2) is 0 Å². The predicted molar refractivity (Wildman–Crippen MR) is 86.1 cm³/mol. The number of carbonyl (C=O) groups excluding carboxylic acids is 2. The number of anilines is 1. The normalized spacial score (nSPS) is 11.6. The first kappa shape index (κ1) is 16.0. The van der Waals surface area contributed by atoms with Crippen molar-refractivity contribution in [1.82, 2.24) is 0 Å². The maximum absolute atomic E-state index is 12.1. The van der Waals surface area contributed by atoms with Crippen LogP contribution >= 0.6 is 11.6 Å². The molecular weight excluding hydrogens is 302 g/mol. The van der Waals surface area contributed by atoms with Crippen LogP contribution in [0.1, 0.15) is 12.5 Å². The van der Waals surface area contributed by atoms with Crippen LogP contribution in [0.15, 0.2) is 48.5 Å². The first-order valence-electron chi connectivity index (χ1n) is 6.81. The number of rotatable bonds is 4. The summed E-state index contributed by atoms with van der Waals surface area (Å²) < 4.78 is 5.16. The maximum Gasteiger partial charge on any atom is 0.323 e. The van der Waals surface area contributed by atoms with E-state index in [-0.39, 0.29) is 0 Å². The Bertz CT molecular complexity index is 686. The van der Waals surface area contributed by atoms with Crippen LogP contribution in [0.5, 0.6) is 5.75 Å². The Labute approximate surface area is 134 Å². The molecule has 0 spiro atoms. The van der Waals surface area contributed by atoms with Crippen LogP contribution in [-0.2, 0) is 9.59 Å². The molecule has 0 aliphatic carbocycles. The lowest BCUT2D eigenvalue weighted by molar-refractivity contribution is -0.142. The number of hydrogen-bond donors (Lipinski definition) is 1. The van der Waals surface area contributed by atoms with E-state index in [9.17, 15) is 9.59 Å². The van der Waals surface area contributed by atoms with Gasteiger partial charge in [0.1, 0.15) is 11.7 Å². The maximum atomic E-state index is 12.1. The van der Waals surface area contributed by atoms with Crippen molar-refractivity contribution in [3.05, 3.63) is 59.1 Å². The van der Waals surface area contributed by atoms with Crippen LogP contribution in [0.25, 0.3) is 0 Å². The van der Waals surface area contributed by atoms with E-state index in [0.717, 1.165) is 5.56 Å². The third kappa shape index (κ3) is 4.09. The van der Waals surface area contributed by atoms with E-state index in [1.165, 1.54) is 6.92 Å². The van der Waals surface area contributed by atoms with Crippen molar-refractivity contribution in [2.45, 2.75) is 13.8 Å². The average molecular weight is 318 g/mol. The Balaban J connectivity index is 2.02. The summed E-state index contributed by atoms with van der Waals surface area (Å²) in [4.78, 5) is 24.1. The van der Waals surface area contributed by atoms with Crippen molar-refractivity contribution in [3.8, 4) is 5.75 Å². The Kier molecular flexibility index (Phi) is 5.17. The Hall–Kier alpha value is -2.33. The fourth-order valence-corrected chi connectivity index (χ4v) is 1.94. The van der Waals surface area contributed by atoms with E-state index in [1.807, 2.05) is 19.1 Å². The van der Waals surface area contributed by atoms with Gasteiger partial charge < -0.3 is 10.1 Å². The molecule has 0 bridgehead atoms. The number of hydrogen-bond acceptors (Lipinski definition) is 3. The standard InChI is InChI=1S/C17H16ClNO3/c1-11-8-9-14(18)15(10-11)19-16(20)12(2)17(21)22-13-6-4-3-5-7-13/h3-10,12H,1-2H3,(H,19,20). The lowest BCUT2D eigenvalue weighted by Gasteiger charge is -2.13. The van der Waals surface area contributed by atoms with Crippen molar-refractivity contribution in [3.63, 3.8) is 0 Å². The molecule has 5 heteroatoms. The summed E-state index contributed by atoms with van der Waals surface area (Å²) in [6, 6.07) is 13.9. The second kappa shape index (κ2) is 7.09. The highest BCUT2D eigenvalue weighted by atomic mass is 35.5. The van der Waals surface area contributed by atoms with Crippen LogP contribution in [0, 0.1) is 12.8 Å². The van der Waals surface area contributed by atoms with Gasteiger partial charge in [0, 0.05) is 0 Å². The summed E-state index contributed by atoms with van der Waals surface area (Å²) >= 11 is 6.02. The van der Waals surface area contributed by atoms with E-state index in [0.29, 0.717) is 16.5 Å². The van der Waals surface area contributed by atoms with Crippen LogP contribution in [0.2, 0.25) is 5.02 Å². The topological polar surface area (TPSA) is 55.4 Å². The molecule has 0 radical (unpaired) electrons. The second-order valence-electron chi connectivity index (χ2n) is 4.93. The number of carbonyl (C=O) groups is 2. The van der Waals surface area contributed by atoms with Crippen LogP contribution in [0.4, 0.5) is 5.69 Å². The summed E-state index contributed by atoms with van der Waals surface area (Å²) in [6.07, 6.45) is 0. The number of para-hydroxylation sites is 1. The first-order valence-corrected chi connectivity index (χ1v) is 7.19. The largest absolute Gasteiger partial charge is 0.426 e. The molecule has 1 amide bonds. The minimum Gasteiger partial charge on any atom is -0.426 e. The smallest absolute Gasteiger partial charge is 0.323 e. The fourth-order valence-electron chi connectivity index (χ4n) is 1.78. The van der Waals surface area contributed by atoms with Gasteiger partial charge in [-0.1, -0.05) is 35.9 Å². The SMILES string of the molecule is Cc1ccc(Cl)c(NC(=O)C(C)C(=O)Oc2ccccc2)c1. The molecule has 2 aromatic rings. The van der Waals surface area contributed by atoms with Gasteiger partial charge >= 0.3 is 5.97 Å². The minimum absolute atomic E-state index is 0.403. The summed E-state index contributed by atoms with van der Waals surface area (Å²) in [7, 11) is 0. The lowest BCUT2D eigenvalue weighted by Crippen LogP contribution is -2.30. The number of amides is 1. The van der Waals surface area contributed by atoms with Gasteiger partial charge in [0.15, 0.2) is 0 Å². The number of ether oxygens (including phenoxy) is 1. The highest BCUT2D eigenvalue weighted by Crippen LogP contribution is 2.23. The molecule has 0 heterocycles. The number of halogens is 1. The molecule has 1 unspecified atom stereocenters. The van der Waals surface area contributed by atoms with Gasteiger partial charge in [-0.2, -0.15) is 0 Å². The molecule has 0 aliphatic rings. The molecule has 4 nitrogen and oxygen atoms in total. The molecular formula is C17H16ClNO3. The van der Waals surface area contributed by atoms with Gasteiger partial charge in [-0.15, -0.1) is 0 Å². The molecule has 0 aliphatic heterocycles. The average Bonchev–Trinajstić information content (AvgIpc) is 2.51. The first-order chi connectivity index (χ1) is 10.5. The summed E-state index contributed by atoms with van der Waals surface area (Å²) in [5.41, 5.74) is 1.44. The molecule has 0 fully saturated rings. The molecule has 0 saturated heterocycles. The highest BCUT2D eigenvalue weighted by Gasteiger charge is 2.24. The summed E-state index contributed by atoms with van der Waals surface area (Å²) in [6.45, 7) is 3.38. The number of benzene rings is 2. The number of nitrogens with one attached hydrogen (secondary N) is 1. The summed E-state index contributed by atoms with van der Waals surface area (Å²) in [5, 5.41) is 3.06. The molecule has 2 aromatic carbocycles. The highest BCUT2D eigenvalue weighted by molar-refractivity contribution is 6.33. The predicted octanol–water partition coefficient (Wildman–Crippen LogP) is 3.83. The molecule has 22 heavy (non-hydrogen) atoms. The zero-order valence-corrected chi connectivity index (χ0v) is 13.1. The van der Waals surface area contributed by atoms with Crippen LogP contribution < -0.4 is 10.1 Å². The molecule has 114 valence electrons. The van der Waals surface area contributed by atoms with Crippen molar-refractivity contribution >= 4 is 29.2 Å². The minimum atomic E-state index is -0.947. The van der Waals surface area contributed by atoms with Gasteiger partial charge in [-0.05, 0) is 43.7 Å². The molecule has 1 atom stereocenters. The Morgan fingerprint density at radius 3 is 2.50 bits per heavy atom. The Morgan fingerprint density at radius 2 is 1.82 bits per heavy atom.